The highest BCUT2D eigenvalue weighted by molar-refractivity contribution is 5.84. The number of hydrogen-bond acceptors (Lipinski definition) is 4. The monoisotopic (exact) mass is 328 g/mol. The third-order valence-electron chi connectivity index (χ3n) is 4.70. The molecule has 0 bridgehead atoms. The first-order valence-corrected chi connectivity index (χ1v) is 8.41. The Morgan fingerprint density at radius 3 is 2.67 bits per heavy atom. The molecule has 0 unspecified atom stereocenters. The van der Waals surface area contributed by atoms with Crippen LogP contribution in [0, 0.1) is 5.41 Å². The molecule has 1 aliphatic rings. The summed E-state index contributed by atoms with van der Waals surface area (Å²) in [5, 5.41) is 5.28. The Morgan fingerprint density at radius 2 is 1.92 bits per heavy atom. The predicted octanol–water partition coefficient (Wildman–Crippen LogP) is 2.09. The van der Waals surface area contributed by atoms with Crippen LogP contribution in [0.25, 0.3) is 10.8 Å². The summed E-state index contributed by atoms with van der Waals surface area (Å²) in [6.07, 6.45) is 1.36. The van der Waals surface area contributed by atoms with Gasteiger partial charge in [0.2, 0.25) is 5.91 Å². The molecule has 0 atom stereocenters. The molecule has 5 nitrogen and oxygen atoms in total. The normalized spacial score (nSPS) is 16.7. The van der Waals surface area contributed by atoms with Crippen molar-refractivity contribution in [3.63, 3.8) is 0 Å². The smallest absolute Gasteiger partial charge is 0.227 e. The highest BCUT2D eigenvalue weighted by atomic mass is 16.5. The molecule has 1 heterocycles. The number of fused-ring (bicyclic) bond motifs is 1. The number of rotatable bonds is 6. The number of nitrogens with one attached hydrogen (secondary N) is 1. The molecule has 1 saturated heterocycles. The summed E-state index contributed by atoms with van der Waals surface area (Å²) in [6, 6.07) is 14.1. The quantitative estimate of drug-likeness (QED) is 0.797. The molecule has 1 fully saturated rings. The lowest BCUT2D eigenvalue weighted by atomic mass is 9.79. The van der Waals surface area contributed by atoms with Crippen molar-refractivity contribution in [2.75, 3.05) is 32.9 Å². The van der Waals surface area contributed by atoms with Gasteiger partial charge in [-0.1, -0.05) is 30.3 Å². The molecule has 2 aromatic rings. The van der Waals surface area contributed by atoms with E-state index in [1.165, 1.54) is 5.39 Å². The zero-order valence-electron chi connectivity index (χ0n) is 13.8. The van der Waals surface area contributed by atoms with Gasteiger partial charge in [0.1, 0.15) is 12.4 Å². The van der Waals surface area contributed by atoms with Gasteiger partial charge in [0.25, 0.3) is 0 Å². The zero-order valence-corrected chi connectivity index (χ0v) is 13.8. The molecular formula is C19H24N2O3. The highest BCUT2D eigenvalue weighted by Gasteiger charge is 2.38. The van der Waals surface area contributed by atoms with E-state index in [1.807, 2.05) is 30.3 Å². The number of ether oxygens (including phenoxy) is 2. The van der Waals surface area contributed by atoms with E-state index in [4.69, 9.17) is 15.2 Å². The summed E-state index contributed by atoms with van der Waals surface area (Å²) in [5.41, 5.74) is 5.35. The third kappa shape index (κ3) is 3.68. The lowest BCUT2D eigenvalue weighted by Gasteiger charge is -2.34. The lowest BCUT2D eigenvalue weighted by molar-refractivity contribution is -0.136. The Balaban J connectivity index is 1.49. The van der Waals surface area contributed by atoms with Gasteiger partial charge in [-0.15, -0.1) is 0 Å². The van der Waals surface area contributed by atoms with Crippen LogP contribution in [0.3, 0.4) is 0 Å². The van der Waals surface area contributed by atoms with Crippen molar-refractivity contribution >= 4 is 16.7 Å². The van der Waals surface area contributed by atoms with Crippen LogP contribution in [0.5, 0.6) is 5.75 Å². The number of amides is 1. The van der Waals surface area contributed by atoms with E-state index in [-0.39, 0.29) is 5.91 Å². The van der Waals surface area contributed by atoms with E-state index in [0.29, 0.717) is 45.8 Å². The first kappa shape index (κ1) is 16.7. The van der Waals surface area contributed by atoms with Gasteiger partial charge in [-0.25, -0.2) is 0 Å². The third-order valence-corrected chi connectivity index (χ3v) is 4.70. The maximum Gasteiger partial charge on any atom is 0.227 e. The van der Waals surface area contributed by atoms with Gasteiger partial charge in [0.05, 0.1) is 12.0 Å². The van der Waals surface area contributed by atoms with Crippen molar-refractivity contribution < 1.29 is 14.3 Å². The molecule has 0 spiro atoms. The van der Waals surface area contributed by atoms with E-state index < -0.39 is 5.41 Å². The van der Waals surface area contributed by atoms with Crippen LogP contribution < -0.4 is 15.8 Å². The molecule has 2 aromatic carbocycles. The van der Waals surface area contributed by atoms with Gasteiger partial charge in [-0.05, 0) is 35.7 Å². The highest BCUT2D eigenvalue weighted by Crippen LogP contribution is 2.29. The summed E-state index contributed by atoms with van der Waals surface area (Å²) in [6.45, 7) is 2.44. The standard InChI is InChI=1S/C19H24N2O3/c20-14-19(7-10-23-11-8-19)18(22)21-9-12-24-17-6-5-15-3-1-2-4-16(15)13-17/h1-6,13H,7-12,14,20H2,(H,21,22). The average Bonchev–Trinajstić information content (AvgIpc) is 2.65. The van der Waals surface area contributed by atoms with Crippen LogP contribution in [0.2, 0.25) is 0 Å². The van der Waals surface area contributed by atoms with E-state index in [1.54, 1.807) is 0 Å². The minimum absolute atomic E-state index is 0.00964. The molecule has 128 valence electrons. The Morgan fingerprint density at radius 1 is 1.17 bits per heavy atom. The molecule has 0 saturated carbocycles. The minimum atomic E-state index is -0.485. The van der Waals surface area contributed by atoms with Gasteiger partial charge in [-0.2, -0.15) is 0 Å². The Labute approximate surface area is 142 Å². The van der Waals surface area contributed by atoms with Crippen molar-refractivity contribution in [2.45, 2.75) is 12.8 Å². The maximum absolute atomic E-state index is 12.4. The van der Waals surface area contributed by atoms with Gasteiger partial charge < -0.3 is 20.5 Å². The second kappa shape index (κ2) is 7.64. The summed E-state index contributed by atoms with van der Waals surface area (Å²) in [7, 11) is 0. The average molecular weight is 328 g/mol. The Bertz CT molecular complexity index is 696. The van der Waals surface area contributed by atoms with Gasteiger partial charge in [-0.3, -0.25) is 4.79 Å². The minimum Gasteiger partial charge on any atom is -0.492 e. The molecule has 3 N–H and O–H groups in total. The molecule has 5 heteroatoms. The molecule has 1 amide bonds. The first-order chi connectivity index (χ1) is 11.7. The predicted molar refractivity (Wildman–Crippen MR) is 94.0 cm³/mol. The van der Waals surface area contributed by atoms with Crippen LogP contribution in [0.1, 0.15) is 12.8 Å². The number of carbonyl (C=O) groups is 1. The second-order valence-electron chi connectivity index (χ2n) is 6.21. The van der Waals surface area contributed by atoms with Crippen molar-refractivity contribution in [1.82, 2.24) is 5.32 Å². The number of benzene rings is 2. The van der Waals surface area contributed by atoms with Crippen LogP contribution in [-0.4, -0.2) is 38.8 Å². The summed E-state index contributed by atoms with van der Waals surface area (Å²) < 4.78 is 11.1. The fourth-order valence-corrected chi connectivity index (χ4v) is 3.06. The molecule has 0 aromatic heterocycles. The topological polar surface area (TPSA) is 73.6 Å². The Kier molecular flexibility index (Phi) is 5.33. The lowest BCUT2D eigenvalue weighted by Crippen LogP contribution is -2.49. The number of nitrogens with two attached hydrogens (primary N) is 1. The fraction of sp³-hybridized carbons (Fsp3) is 0.421. The molecule has 0 aliphatic carbocycles. The maximum atomic E-state index is 12.4. The molecule has 0 radical (unpaired) electrons. The van der Waals surface area contributed by atoms with Gasteiger partial charge in [0.15, 0.2) is 0 Å². The number of hydrogen-bond donors (Lipinski definition) is 2. The first-order valence-electron chi connectivity index (χ1n) is 8.41. The van der Waals surface area contributed by atoms with Gasteiger partial charge >= 0.3 is 0 Å². The fourth-order valence-electron chi connectivity index (χ4n) is 3.06. The summed E-state index contributed by atoms with van der Waals surface area (Å²) in [5.74, 6) is 0.818. The van der Waals surface area contributed by atoms with Crippen LogP contribution in [0.15, 0.2) is 42.5 Å². The van der Waals surface area contributed by atoms with E-state index in [9.17, 15) is 4.79 Å². The van der Waals surface area contributed by atoms with Crippen molar-refractivity contribution in [3.05, 3.63) is 42.5 Å². The van der Waals surface area contributed by atoms with Crippen molar-refractivity contribution in [2.24, 2.45) is 11.1 Å². The SMILES string of the molecule is NCC1(C(=O)NCCOc2ccc3ccccc3c2)CCOCC1. The van der Waals surface area contributed by atoms with Crippen LogP contribution >= 0.6 is 0 Å². The van der Waals surface area contributed by atoms with E-state index in [2.05, 4.69) is 17.4 Å². The van der Waals surface area contributed by atoms with Crippen molar-refractivity contribution in [1.29, 1.82) is 0 Å². The second-order valence-corrected chi connectivity index (χ2v) is 6.21. The van der Waals surface area contributed by atoms with Crippen LogP contribution in [-0.2, 0) is 9.53 Å². The van der Waals surface area contributed by atoms with Crippen LogP contribution in [0.4, 0.5) is 0 Å². The van der Waals surface area contributed by atoms with E-state index >= 15 is 0 Å². The van der Waals surface area contributed by atoms with E-state index in [0.717, 1.165) is 11.1 Å². The molecular weight excluding hydrogens is 304 g/mol. The largest absolute Gasteiger partial charge is 0.492 e. The van der Waals surface area contributed by atoms with Crippen molar-refractivity contribution in [3.8, 4) is 5.75 Å². The Hall–Kier alpha value is -2.11. The van der Waals surface area contributed by atoms with Gasteiger partial charge in [0, 0.05) is 19.8 Å². The summed E-state index contributed by atoms with van der Waals surface area (Å²) in [4.78, 5) is 12.4. The summed E-state index contributed by atoms with van der Waals surface area (Å²) >= 11 is 0. The number of carbonyl (C=O) groups excluding carboxylic acids is 1. The molecule has 24 heavy (non-hydrogen) atoms. The molecule has 3 rings (SSSR count). The molecule has 1 aliphatic heterocycles. The zero-order chi connectivity index (χ0) is 16.8.